The van der Waals surface area contributed by atoms with Gasteiger partial charge in [0.2, 0.25) is 11.8 Å². The number of aldehydes is 2. The number of allylic oxidation sites excluding steroid dienone is 1. The highest BCUT2D eigenvalue weighted by Crippen LogP contribution is 2.55. The minimum atomic E-state index is -0.851. The molecule has 3 aromatic rings. The molecule has 1 saturated heterocycles. The van der Waals surface area contributed by atoms with Crippen molar-refractivity contribution in [3.63, 3.8) is 0 Å². The summed E-state index contributed by atoms with van der Waals surface area (Å²) in [4.78, 5) is 61.0. The zero-order valence-corrected chi connectivity index (χ0v) is 41.3. The maximum Gasteiger partial charge on any atom is 0.254 e. The molecule has 1 heterocycles. The molecule has 1 unspecified atom stereocenters. The first-order valence-corrected chi connectivity index (χ1v) is 23.6. The normalized spacial score (nSPS) is 16.9. The Labute approximate surface area is 402 Å². The van der Waals surface area contributed by atoms with E-state index >= 15 is 0 Å². The number of piperidine rings is 1. The quantitative estimate of drug-likeness (QED) is 0.0714. The number of anilines is 2. The van der Waals surface area contributed by atoms with Crippen LogP contribution >= 0.6 is 0 Å². The van der Waals surface area contributed by atoms with Gasteiger partial charge in [-0.3, -0.25) is 24.1 Å². The Morgan fingerprint density at radius 1 is 0.985 bits per heavy atom. The predicted molar refractivity (Wildman–Crippen MR) is 265 cm³/mol. The Morgan fingerprint density at radius 2 is 1.65 bits per heavy atom. The van der Waals surface area contributed by atoms with Crippen LogP contribution in [-0.2, 0) is 14.4 Å². The first-order chi connectivity index (χ1) is 32.3. The third kappa shape index (κ3) is 14.6. The summed E-state index contributed by atoms with van der Waals surface area (Å²) in [5, 5.41) is 17.1. The van der Waals surface area contributed by atoms with Gasteiger partial charge in [-0.05, 0) is 119 Å². The van der Waals surface area contributed by atoms with Crippen molar-refractivity contribution in [2.75, 3.05) is 51.1 Å². The van der Waals surface area contributed by atoms with Crippen molar-refractivity contribution < 1.29 is 37.8 Å². The highest BCUT2D eigenvalue weighted by Gasteiger charge is 2.55. The average Bonchev–Trinajstić information content (AvgIpc) is 3.30. The highest BCUT2D eigenvalue weighted by molar-refractivity contribution is 5.96. The number of rotatable bonds is 18. The zero-order chi connectivity index (χ0) is 50.2. The van der Waals surface area contributed by atoms with Crippen LogP contribution in [0.5, 0.6) is 11.5 Å². The number of nitriles is 1. The molecule has 1 atom stereocenters. The van der Waals surface area contributed by atoms with Crippen LogP contribution in [0.25, 0.3) is 6.08 Å². The molecular weight excluding hydrogens is 866 g/mol. The van der Waals surface area contributed by atoms with Crippen LogP contribution in [0, 0.1) is 33.9 Å². The van der Waals surface area contributed by atoms with E-state index in [0.29, 0.717) is 34.9 Å². The molecule has 3 aliphatic rings. The van der Waals surface area contributed by atoms with Crippen LogP contribution in [0.3, 0.4) is 0 Å². The standard InChI is InChI=1S/C20H31N3O.C19H24N2O2.C14H17FN2O4/c1-15(2)23(19-4-3-5-19)14-16-10-12-22(13-11-16)18-8-6-17(7-9-18)20(21)24;1-18(2)12-19(3,4)17(18)23-15-9-8-13(11-20)16(21-5)14(15)7-6-10-22;1-16-13(19)6-3-9(8-18)17-14(20)11-5-4-10(21-2)7-12(11)15/h6-9,15-16,19H,3-5,10-14H2,1-2H3,(H2,21,24);6-10,17,21H,12H2,1-5H3;4-5,7-9H,3,6H2,1-2H3,(H,16,19)(H,17,20)/b;7-6-;. The number of nitrogens with zero attached hydrogens (tertiary/aromatic N) is 3. The Hall–Kier alpha value is -6.27. The van der Waals surface area contributed by atoms with E-state index in [4.69, 9.17) is 15.2 Å². The summed E-state index contributed by atoms with van der Waals surface area (Å²) >= 11 is 0. The lowest BCUT2D eigenvalue weighted by Gasteiger charge is -2.56. The SMILES string of the molecule is CC(C)N(CC1CCN(c2ccc(C(N)=O)cc2)CC1)C1CCC1.CNC(=O)CCC(C=O)NC(=O)c1ccc(OC)cc1F.CNc1c(C#N)ccc(OC2C(C)(C)CC2(C)C)c1/C=C\C=O. The van der Waals surface area contributed by atoms with E-state index < -0.39 is 17.8 Å². The number of primary amides is 1. The fourth-order valence-electron chi connectivity index (χ4n) is 9.75. The molecule has 0 radical (unpaired) electrons. The molecule has 15 heteroatoms. The molecule has 6 rings (SSSR count). The number of carbonyl (C=O) groups excluding carboxylic acids is 5. The molecule has 68 heavy (non-hydrogen) atoms. The molecule has 3 fully saturated rings. The largest absolute Gasteiger partial charge is 0.497 e. The van der Waals surface area contributed by atoms with Crippen molar-refractivity contribution in [2.24, 2.45) is 22.5 Å². The number of benzene rings is 3. The van der Waals surface area contributed by atoms with Gasteiger partial charge < -0.3 is 40.9 Å². The van der Waals surface area contributed by atoms with Crippen LogP contribution in [0.4, 0.5) is 15.8 Å². The van der Waals surface area contributed by atoms with Crippen molar-refractivity contribution >= 4 is 47.7 Å². The van der Waals surface area contributed by atoms with E-state index in [1.807, 2.05) is 30.3 Å². The van der Waals surface area contributed by atoms with Gasteiger partial charge >= 0.3 is 0 Å². The number of nitrogens with two attached hydrogens (primary N) is 1. The predicted octanol–water partition coefficient (Wildman–Crippen LogP) is 7.94. The van der Waals surface area contributed by atoms with Crippen LogP contribution in [-0.4, -0.2) is 100 Å². The van der Waals surface area contributed by atoms with Gasteiger partial charge in [0.15, 0.2) is 0 Å². The number of carbonyl (C=O) groups is 5. The minimum absolute atomic E-state index is 0.0797. The van der Waals surface area contributed by atoms with Gasteiger partial charge in [0, 0.05) is 85.9 Å². The number of amides is 3. The summed E-state index contributed by atoms with van der Waals surface area (Å²) in [6.45, 7) is 17.0. The maximum absolute atomic E-state index is 13.7. The van der Waals surface area contributed by atoms with Gasteiger partial charge in [0.25, 0.3) is 5.91 Å². The fraction of sp³-hybridized carbons (Fsp3) is 0.509. The molecule has 0 aromatic heterocycles. The second-order valence-corrected chi connectivity index (χ2v) is 19.4. The number of hydrogen-bond acceptors (Lipinski definition) is 11. The number of ether oxygens (including phenoxy) is 2. The summed E-state index contributed by atoms with van der Waals surface area (Å²) < 4.78 is 24.9. The summed E-state index contributed by atoms with van der Waals surface area (Å²) in [6.07, 6.45) is 12.5. The van der Waals surface area contributed by atoms with E-state index in [0.717, 1.165) is 49.4 Å². The number of halogens is 1. The monoisotopic (exact) mass is 938 g/mol. The zero-order valence-electron chi connectivity index (χ0n) is 41.3. The van der Waals surface area contributed by atoms with E-state index in [2.05, 4.69) is 73.4 Å². The second-order valence-electron chi connectivity index (χ2n) is 19.4. The second kappa shape index (κ2) is 25.2. The molecule has 0 spiro atoms. The van der Waals surface area contributed by atoms with Crippen LogP contribution < -0.4 is 36.1 Å². The highest BCUT2D eigenvalue weighted by atomic mass is 19.1. The lowest BCUT2D eigenvalue weighted by atomic mass is 9.53. The van der Waals surface area contributed by atoms with Gasteiger partial charge in [-0.1, -0.05) is 34.1 Å². The first kappa shape index (κ1) is 54.3. The molecule has 2 saturated carbocycles. The maximum atomic E-state index is 13.7. The molecule has 5 N–H and O–H groups in total. The smallest absolute Gasteiger partial charge is 0.254 e. The van der Waals surface area contributed by atoms with Crippen molar-refractivity contribution in [2.45, 2.75) is 117 Å². The molecule has 0 bridgehead atoms. The Kier molecular flexibility index (Phi) is 20.1. The summed E-state index contributed by atoms with van der Waals surface area (Å²) in [7, 11) is 4.62. The van der Waals surface area contributed by atoms with Crippen LogP contribution in [0.1, 0.15) is 125 Å². The third-order valence-electron chi connectivity index (χ3n) is 13.2. The lowest BCUT2D eigenvalue weighted by molar-refractivity contribution is -0.133. The van der Waals surface area contributed by atoms with E-state index in [9.17, 15) is 33.6 Å². The van der Waals surface area contributed by atoms with Crippen molar-refractivity contribution in [1.82, 2.24) is 15.5 Å². The van der Waals surface area contributed by atoms with Crippen LogP contribution in [0.15, 0.2) is 60.7 Å². The first-order valence-electron chi connectivity index (χ1n) is 23.6. The Balaban J connectivity index is 0.000000223. The molecule has 2 aliphatic carbocycles. The molecular formula is C53H72FN7O7. The van der Waals surface area contributed by atoms with E-state index in [-0.39, 0.29) is 52.9 Å². The van der Waals surface area contributed by atoms with E-state index in [1.165, 1.54) is 76.7 Å². The van der Waals surface area contributed by atoms with Gasteiger partial charge in [-0.25, -0.2) is 4.39 Å². The third-order valence-corrected chi connectivity index (χ3v) is 13.2. The van der Waals surface area contributed by atoms with Crippen molar-refractivity contribution in [1.29, 1.82) is 5.26 Å². The van der Waals surface area contributed by atoms with Crippen molar-refractivity contribution in [3.05, 3.63) is 88.7 Å². The fourth-order valence-corrected chi connectivity index (χ4v) is 9.75. The van der Waals surface area contributed by atoms with E-state index in [1.54, 1.807) is 19.2 Å². The molecule has 368 valence electrons. The van der Waals surface area contributed by atoms with Crippen molar-refractivity contribution in [3.8, 4) is 17.6 Å². The Bertz CT molecular complexity index is 2250. The van der Waals surface area contributed by atoms with Gasteiger partial charge in [-0.15, -0.1) is 0 Å². The number of hydrogen-bond donors (Lipinski definition) is 4. The molecule has 1 aliphatic heterocycles. The van der Waals surface area contributed by atoms with Crippen LogP contribution in [0.2, 0.25) is 0 Å². The molecule has 3 amide bonds. The molecule has 3 aromatic carbocycles. The number of nitrogens with one attached hydrogen (secondary N) is 3. The summed E-state index contributed by atoms with van der Waals surface area (Å²) in [6, 6.07) is 17.9. The van der Waals surface area contributed by atoms with Gasteiger partial charge in [-0.2, -0.15) is 5.26 Å². The van der Waals surface area contributed by atoms with Gasteiger partial charge in [0.1, 0.15) is 42.1 Å². The van der Waals surface area contributed by atoms with Gasteiger partial charge in [0.05, 0.1) is 30.0 Å². The average molecular weight is 938 g/mol. The summed E-state index contributed by atoms with van der Waals surface area (Å²) in [5.41, 5.74) is 9.05. The summed E-state index contributed by atoms with van der Waals surface area (Å²) in [5.74, 6) is -0.272. The number of methoxy groups -OCH3 is 1. The minimum Gasteiger partial charge on any atom is -0.497 e. The molecule has 14 nitrogen and oxygen atoms in total. The Morgan fingerprint density at radius 3 is 2.13 bits per heavy atom. The lowest BCUT2D eigenvalue weighted by Crippen LogP contribution is -2.58. The topological polar surface area (TPSA) is 196 Å².